The third kappa shape index (κ3) is 2.97. The fourth-order valence-electron chi connectivity index (χ4n) is 2.05. The van der Waals surface area contributed by atoms with E-state index in [4.69, 9.17) is 4.74 Å². The van der Waals surface area contributed by atoms with Gasteiger partial charge in [0.1, 0.15) is 11.4 Å². The van der Waals surface area contributed by atoms with E-state index in [1.165, 1.54) is 0 Å². The summed E-state index contributed by atoms with van der Waals surface area (Å²) in [6.45, 7) is 2.64. The Morgan fingerprint density at radius 3 is 2.48 bits per heavy atom. The maximum absolute atomic E-state index is 5.45. The zero-order valence-corrected chi connectivity index (χ0v) is 13.1. The Balaban J connectivity index is 1.93. The molecule has 0 amide bonds. The van der Waals surface area contributed by atoms with Crippen LogP contribution in [0.4, 0.5) is 0 Å². The molecule has 2 aromatic heterocycles. The first kappa shape index (κ1) is 13.8. The van der Waals surface area contributed by atoms with E-state index >= 15 is 0 Å². The molecule has 0 saturated heterocycles. The molecule has 0 spiro atoms. The molecule has 1 aromatic carbocycles. The third-order valence-electron chi connectivity index (χ3n) is 3.04. The normalized spacial score (nSPS) is 10.6. The van der Waals surface area contributed by atoms with Crippen molar-refractivity contribution in [2.45, 2.75) is 6.92 Å². The molecule has 4 nitrogen and oxygen atoms in total. The number of ether oxygens (including phenoxy) is 1. The third-order valence-corrected chi connectivity index (χ3v) is 3.62. The van der Waals surface area contributed by atoms with Gasteiger partial charge in [-0.2, -0.15) is 5.10 Å². The van der Waals surface area contributed by atoms with Crippen molar-refractivity contribution in [2.75, 3.05) is 6.61 Å². The van der Waals surface area contributed by atoms with E-state index in [9.17, 15) is 0 Å². The predicted molar refractivity (Wildman–Crippen MR) is 85.7 cm³/mol. The molecule has 0 aliphatic carbocycles. The molecule has 0 atom stereocenters. The van der Waals surface area contributed by atoms with Crippen molar-refractivity contribution >= 4 is 15.9 Å². The second-order valence-electron chi connectivity index (χ2n) is 4.43. The van der Waals surface area contributed by atoms with Crippen molar-refractivity contribution in [2.24, 2.45) is 0 Å². The van der Waals surface area contributed by atoms with Crippen LogP contribution in [0.1, 0.15) is 6.92 Å². The van der Waals surface area contributed by atoms with Gasteiger partial charge in [-0.3, -0.25) is 4.98 Å². The molecular formula is C16H14BrN3O. The Morgan fingerprint density at radius 2 is 1.81 bits per heavy atom. The van der Waals surface area contributed by atoms with Gasteiger partial charge in [0, 0.05) is 24.2 Å². The predicted octanol–water partition coefficient (Wildman–Crippen LogP) is 4.10. The molecule has 0 unspecified atom stereocenters. The molecule has 21 heavy (non-hydrogen) atoms. The van der Waals surface area contributed by atoms with E-state index in [1.54, 1.807) is 12.4 Å². The number of aromatic nitrogens is 3. The highest BCUT2D eigenvalue weighted by Crippen LogP contribution is 2.27. The van der Waals surface area contributed by atoms with Crippen molar-refractivity contribution < 1.29 is 4.74 Å². The number of pyridine rings is 1. The summed E-state index contributed by atoms with van der Waals surface area (Å²) >= 11 is 3.56. The maximum Gasteiger partial charge on any atom is 0.119 e. The van der Waals surface area contributed by atoms with E-state index in [0.717, 1.165) is 27.2 Å². The summed E-state index contributed by atoms with van der Waals surface area (Å²) in [5, 5.41) is 4.63. The van der Waals surface area contributed by atoms with E-state index in [0.29, 0.717) is 6.61 Å². The van der Waals surface area contributed by atoms with Crippen LogP contribution in [0.15, 0.2) is 59.5 Å². The molecule has 3 rings (SSSR count). The average Bonchev–Trinajstić information content (AvgIpc) is 2.91. The van der Waals surface area contributed by atoms with Gasteiger partial charge < -0.3 is 4.74 Å². The Morgan fingerprint density at radius 1 is 1.10 bits per heavy atom. The summed E-state index contributed by atoms with van der Waals surface area (Å²) in [7, 11) is 0. The first-order valence-corrected chi connectivity index (χ1v) is 7.46. The highest BCUT2D eigenvalue weighted by atomic mass is 79.9. The van der Waals surface area contributed by atoms with Crippen molar-refractivity contribution in [1.82, 2.24) is 14.8 Å². The first-order chi connectivity index (χ1) is 10.3. The van der Waals surface area contributed by atoms with Gasteiger partial charge in [0.2, 0.25) is 0 Å². The maximum atomic E-state index is 5.45. The first-order valence-electron chi connectivity index (χ1n) is 6.66. The summed E-state index contributed by atoms with van der Waals surface area (Å²) in [5.41, 5.74) is 2.91. The molecule has 0 bridgehead atoms. The molecule has 3 aromatic rings. The minimum absolute atomic E-state index is 0.666. The summed E-state index contributed by atoms with van der Waals surface area (Å²) in [6.07, 6.45) is 5.47. The van der Waals surface area contributed by atoms with Crippen LogP contribution < -0.4 is 4.74 Å². The van der Waals surface area contributed by atoms with Crippen LogP contribution >= 0.6 is 15.9 Å². The van der Waals surface area contributed by atoms with E-state index in [1.807, 2.05) is 54.2 Å². The zero-order valence-electron chi connectivity index (χ0n) is 11.5. The van der Waals surface area contributed by atoms with Gasteiger partial charge in [0.05, 0.1) is 16.8 Å². The fraction of sp³-hybridized carbons (Fsp3) is 0.125. The Hall–Kier alpha value is -2.14. The standard InChI is InChI=1S/C16H14BrN3O/c1-2-21-14-5-3-13(4-6-14)20-11-15(17)16(19-20)12-7-9-18-10-8-12/h3-11H,2H2,1H3. The van der Waals surface area contributed by atoms with Gasteiger partial charge in [0.15, 0.2) is 0 Å². The van der Waals surface area contributed by atoms with Gasteiger partial charge in [-0.15, -0.1) is 0 Å². The summed E-state index contributed by atoms with van der Waals surface area (Å²) in [4.78, 5) is 4.03. The second kappa shape index (κ2) is 6.10. The molecule has 0 aliphatic rings. The van der Waals surface area contributed by atoms with Crippen LogP contribution in [0.5, 0.6) is 5.75 Å². The number of hydrogen-bond acceptors (Lipinski definition) is 3. The highest BCUT2D eigenvalue weighted by Gasteiger charge is 2.10. The number of halogens is 1. The number of rotatable bonds is 4. The van der Waals surface area contributed by atoms with Crippen molar-refractivity contribution in [1.29, 1.82) is 0 Å². The zero-order chi connectivity index (χ0) is 14.7. The van der Waals surface area contributed by atoms with Gasteiger partial charge >= 0.3 is 0 Å². The highest BCUT2D eigenvalue weighted by molar-refractivity contribution is 9.10. The molecule has 0 radical (unpaired) electrons. The minimum atomic E-state index is 0.666. The monoisotopic (exact) mass is 343 g/mol. The number of benzene rings is 1. The van der Waals surface area contributed by atoms with Crippen LogP contribution in [-0.2, 0) is 0 Å². The lowest BCUT2D eigenvalue weighted by Crippen LogP contribution is -1.96. The summed E-state index contributed by atoms with van der Waals surface area (Å²) in [6, 6.07) is 11.7. The molecule has 0 aliphatic heterocycles. The average molecular weight is 344 g/mol. The minimum Gasteiger partial charge on any atom is -0.494 e. The summed E-state index contributed by atoms with van der Waals surface area (Å²) in [5.74, 6) is 0.863. The number of nitrogens with zero attached hydrogens (tertiary/aromatic N) is 3. The van der Waals surface area contributed by atoms with Crippen molar-refractivity contribution in [3.05, 3.63) is 59.5 Å². The van der Waals surface area contributed by atoms with Gasteiger partial charge in [-0.05, 0) is 59.3 Å². The quantitative estimate of drug-likeness (QED) is 0.716. The molecule has 0 saturated carbocycles. The van der Waals surface area contributed by atoms with E-state index < -0.39 is 0 Å². The molecule has 0 N–H and O–H groups in total. The van der Waals surface area contributed by atoms with Gasteiger partial charge in [-0.1, -0.05) is 0 Å². The van der Waals surface area contributed by atoms with Crippen LogP contribution in [-0.4, -0.2) is 21.4 Å². The van der Waals surface area contributed by atoms with Gasteiger partial charge in [0.25, 0.3) is 0 Å². The van der Waals surface area contributed by atoms with Crippen molar-refractivity contribution in [3.63, 3.8) is 0 Å². The van der Waals surface area contributed by atoms with Crippen LogP contribution in [0, 0.1) is 0 Å². The van der Waals surface area contributed by atoms with Crippen molar-refractivity contribution in [3.8, 4) is 22.7 Å². The Kier molecular flexibility index (Phi) is 4.01. The van der Waals surface area contributed by atoms with E-state index in [-0.39, 0.29) is 0 Å². The smallest absolute Gasteiger partial charge is 0.119 e. The molecule has 2 heterocycles. The van der Waals surface area contributed by atoms with E-state index in [2.05, 4.69) is 26.0 Å². The van der Waals surface area contributed by atoms with Crippen LogP contribution in [0.2, 0.25) is 0 Å². The largest absolute Gasteiger partial charge is 0.494 e. The molecule has 106 valence electrons. The summed E-state index contributed by atoms with van der Waals surface area (Å²) < 4.78 is 8.24. The lowest BCUT2D eigenvalue weighted by molar-refractivity contribution is 0.340. The molecule has 0 fully saturated rings. The SMILES string of the molecule is CCOc1ccc(-n2cc(Br)c(-c3ccncc3)n2)cc1. The fourth-order valence-corrected chi connectivity index (χ4v) is 2.55. The van der Waals surface area contributed by atoms with Gasteiger partial charge in [-0.25, -0.2) is 4.68 Å². The Bertz CT molecular complexity index is 723. The molecular weight excluding hydrogens is 330 g/mol. The topological polar surface area (TPSA) is 39.9 Å². The Labute approximate surface area is 131 Å². The lowest BCUT2D eigenvalue weighted by atomic mass is 10.2. The van der Waals surface area contributed by atoms with Crippen LogP contribution in [0.25, 0.3) is 16.9 Å². The number of hydrogen-bond donors (Lipinski definition) is 0. The second-order valence-corrected chi connectivity index (χ2v) is 5.29. The van der Waals surface area contributed by atoms with Crippen LogP contribution in [0.3, 0.4) is 0 Å². The lowest BCUT2D eigenvalue weighted by Gasteiger charge is -2.05. The molecule has 5 heteroatoms.